The van der Waals surface area contributed by atoms with Crippen molar-refractivity contribution in [1.29, 1.82) is 0 Å². The number of rotatable bonds is 4. The molecular weight excluding hydrogens is 210 g/mol. The zero-order valence-corrected chi connectivity index (χ0v) is 11.1. The Morgan fingerprint density at radius 2 is 2.18 bits per heavy atom. The van der Waals surface area contributed by atoms with Crippen LogP contribution in [0.25, 0.3) is 0 Å². The van der Waals surface area contributed by atoms with E-state index in [0.717, 1.165) is 25.3 Å². The number of benzene rings is 1. The van der Waals surface area contributed by atoms with E-state index in [1.807, 2.05) is 0 Å². The molecule has 1 aromatic carbocycles. The molecule has 2 unspecified atom stereocenters. The van der Waals surface area contributed by atoms with Gasteiger partial charge >= 0.3 is 0 Å². The van der Waals surface area contributed by atoms with Crippen LogP contribution in [0.15, 0.2) is 18.2 Å². The van der Waals surface area contributed by atoms with Crippen molar-refractivity contribution in [1.82, 2.24) is 5.32 Å². The average Bonchev–Trinajstić information content (AvgIpc) is 2.36. The van der Waals surface area contributed by atoms with Crippen molar-refractivity contribution in [2.75, 3.05) is 13.2 Å². The molecule has 1 aromatic rings. The minimum Gasteiger partial charge on any atom is -0.493 e. The van der Waals surface area contributed by atoms with Crippen LogP contribution in [0, 0.1) is 5.92 Å². The van der Waals surface area contributed by atoms with E-state index >= 15 is 0 Å². The number of fused-ring (bicyclic) bond motifs is 1. The van der Waals surface area contributed by atoms with E-state index < -0.39 is 0 Å². The molecule has 0 bridgehead atoms. The molecule has 1 heterocycles. The summed E-state index contributed by atoms with van der Waals surface area (Å²) in [4.78, 5) is 0. The maximum Gasteiger partial charge on any atom is 0.127 e. The fraction of sp³-hybridized carbons (Fsp3) is 0.600. The number of hydrogen-bond acceptors (Lipinski definition) is 2. The first-order chi connectivity index (χ1) is 8.27. The van der Waals surface area contributed by atoms with E-state index in [0.29, 0.717) is 12.0 Å². The van der Waals surface area contributed by atoms with E-state index in [-0.39, 0.29) is 0 Å². The first kappa shape index (κ1) is 12.4. The molecule has 1 aliphatic rings. The molecule has 94 valence electrons. The van der Waals surface area contributed by atoms with E-state index in [1.54, 1.807) is 0 Å². The van der Waals surface area contributed by atoms with Crippen LogP contribution < -0.4 is 10.1 Å². The molecule has 2 heteroatoms. The predicted molar refractivity (Wildman–Crippen MR) is 71.5 cm³/mol. The molecule has 2 rings (SSSR count). The lowest BCUT2D eigenvalue weighted by Crippen LogP contribution is -2.34. The third kappa shape index (κ3) is 2.47. The van der Waals surface area contributed by atoms with Crippen LogP contribution >= 0.6 is 0 Å². The summed E-state index contributed by atoms with van der Waals surface area (Å²) in [6.07, 6.45) is 2.21. The highest BCUT2D eigenvalue weighted by Gasteiger charge is 2.28. The van der Waals surface area contributed by atoms with Gasteiger partial charge in [0.1, 0.15) is 5.75 Å². The summed E-state index contributed by atoms with van der Waals surface area (Å²) in [5, 5.41) is 3.65. The molecular formula is C15H23NO. The standard InChI is InChI=1S/C15H23NO/c1-4-9-16-14-11(3)10-17-15-12(5-2)7-6-8-13(14)15/h6-8,11,14,16H,4-5,9-10H2,1-3H3. The normalized spacial score (nSPS) is 23.0. The van der Waals surface area contributed by atoms with Crippen molar-refractivity contribution in [3.05, 3.63) is 29.3 Å². The van der Waals surface area contributed by atoms with Gasteiger partial charge in [0.2, 0.25) is 0 Å². The molecule has 0 fully saturated rings. The largest absolute Gasteiger partial charge is 0.493 e. The summed E-state index contributed by atoms with van der Waals surface area (Å²) < 4.78 is 5.93. The Hall–Kier alpha value is -1.02. The van der Waals surface area contributed by atoms with Gasteiger partial charge in [-0.25, -0.2) is 0 Å². The molecule has 0 saturated carbocycles. The Morgan fingerprint density at radius 3 is 2.88 bits per heavy atom. The summed E-state index contributed by atoms with van der Waals surface area (Å²) in [6.45, 7) is 8.55. The molecule has 17 heavy (non-hydrogen) atoms. The van der Waals surface area contributed by atoms with Gasteiger partial charge in [-0.05, 0) is 24.9 Å². The van der Waals surface area contributed by atoms with Crippen LogP contribution in [0.3, 0.4) is 0 Å². The van der Waals surface area contributed by atoms with Crippen LogP contribution in [0.1, 0.15) is 44.4 Å². The highest BCUT2D eigenvalue weighted by molar-refractivity contribution is 5.45. The number of aryl methyl sites for hydroxylation is 1. The summed E-state index contributed by atoms with van der Waals surface area (Å²) in [5.41, 5.74) is 2.68. The molecule has 0 aromatic heterocycles. The maximum absolute atomic E-state index is 5.93. The van der Waals surface area contributed by atoms with Crippen molar-refractivity contribution < 1.29 is 4.74 Å². The molecule has 0 aliphatic carbocycles. The van der Waals surface area contributed by atoms with Gasteiger partial charge in [-0.15, -0.1) is 0 Å². The van der Waals surface area contributed by atoms with Gasteiger partial charge in [0.15, 0.2) is 0 Å². The zero-order valence-electron chi connectivity index (χ0n) is 11.1. The maximum atomic E-state index is 5.93. The Bertz CT molecular complexity index is 375. The summed E-state index contributed by atoms with van der Waals surface area (Å²) in [6, 6.07) is 6.98. The van der Waals surface area contributed by atoms with E-state index in [2.05, 4.69) is 44.3 Å². The van der Waals surface area contributed by atoms with Crippen LogP contribution in [0.4, 0.5) is 0 Å². The first-order valence-electron chi connectivity index (χ1n) is 6.75. The van der Waals surface area contributed by atoms with E-state index in [1.165, 1.54) is 17.5 Å². The Labute approximate surface area is 104 Å². The van der Waals surface area contributed by atoms with E-state index in [9.17, 15) is 0 Å². The van der Waals surface area contributed by atoms with Gasteiger partial charge in [-0.2, -0.15) is 0 Å². The van der Waals surface area contributed by atoms with Gasteiger partial charge in [0, 0.05) is 17.5 Å². The van der Waals surface area contributed by atoms with Crippen LogP contribution in [0.5, 0.6) is 5.75 Å². The Balaban J connectivity index is 2.30. The van der Waals surface area contributed by atoms with Gasteiger partial charge in [0.25, 0.3) is 0 Å². The van der Waals surface area contributed by atoms with Crippen molar-refractivity contribution >= 4 is 0 Å². The first-order valence-corrected chi connectivity index (χ1v) is 6.75. The monoisotopic (exact) mass is 233 g/mol. The number of hydrogen-bond donors (Lipinski definition) is 1. The van der Waals surface area contributed by atoms with Crippen molar-refractivity contribution in [2.24, 2.45) is 5.92 Å². The molecule has 2 atom stereocenters. The highest BCUT2D eigenvalue weighted by Crippen LogP contribution is 2.37. The fourth-order valence-electron chi connectivity index (χ4n) is 2.53. The van der Waals surface area contributed by atoms with Crippen LogP contribution in [-0.4, -0.2) is 13.2 Å². The van der Waals surface area contributed by atoms with Crippen molar-refractivity contribution in [2.45, 2.75) is 39.7 Å². The molecule has 0 spiro atoms. The third-order valence-electron chi connectivity index (χ3n) is 3.52. The molecule has 1 aliphatic heterocycles. The van der Waals surface area contributed by atoms with Gasteiger partial charge in [-0.1, -0.05) is 39.0 Å². The molecule has 0 radical (unpaired) electrons. The molecule has 1 N–H and O–H groups in total. The minimum atomic E-state index is 0.449. The quantitative estimate of drug-likeness (QED) is 0.861. The minimum absolute atomic E-state index is 0.449. The highest BCUT2D eigenvalue weighted by atomic mass is 16.5. The number of ether oxygens (including phenoxy) is 1. The predicted octanol–water partition coefficient (Wildman–Crippen LogP) is 3.32. The lowest BCUT2D eigenvalue weighted by molar-refractivity contribution is 0.187. The second-order valence-corrected chi connectivity index (χ2v) is 4.91. The van der Waals surface area contributed by atoms with Gasteiger partial charge < -0.3 is 10.1 Å². The molecule has 0 saturated heterocycles. The SMILES string of the molecule is CCCNC1c2cccc(CC)c2OCC1C. The molecule has 2 nitrogen and oxygen atoms in total. The fourth-order valence-corrected chi connectivity index (χ4v) is 2.53. The lowest BCUT2D eigenvalue weighted by atomic mass is 9.90. The summed E-state index contributed by atoms with van der Waals surface area (Å²) in [5.74, 6) is 1.67. The third-order valence-corrected chi connectivity index (χ3v) is 3.52. The zero-order chi connectivity index (χ0) is 12.3. The van der Waals surface area contributed by atoms with Crippen LogP contribution in [0.2, 0.25) is 0 Å². The second kappa shape index (κ2) is 5.54. The lowest BCUT2D eigenvalue weighted by Gasteiger charge is -2.33. The molecule has 0 amide bonds. The Morgan fingerprint density at radius 1 is 1.35 bits per heavy atom. The Kier molecular flexibility index (Phi) is 4.06. The topological polar surface area (TPSA) is 21.3 Å². The van der Waals surface area contributed by atoms with Crippen molar-refractivity contribution in [3.63, 3.8) is 0 Å². The van der Waals surface area contributed by atoms with Gasteiger partial charge in [-0.3, -0.25) is 0 Å². The number of nitrogens with one attached hydrogen (secondary N) is 1. The van der Waals surface area contributed by atoms with Crippen molar-refractivity contribution in [3.8, 4) is 5.75 Å². The number of para-hydroxylation sites is 1. The van der Waals surface area contributed by atoms with Crippen LogP contribution in [-0.2, 0) is 6.42 Å². The average molecular weight is 233 g/mol. The smallest absolute Gasteiger partial charge is 0.127 e. The van der Waals surface area contributed by atoms with Gasteiger partial charge in [0.05, 0.1) is 6.61 Å². The second-order valence-electron chi connectivity index (χ2n) is 4.91. The summed E-state index contributed by atoms with van der Waals surface area (Å²) >= 11 is 0. The summed E-state index contributed by atoms with van der Waals surface area (Å²) in [7, 11) is 0. The van der Waals surface area contributed by atoms with E-state index in [4.69, 9.17) is 4.74 Å².